The highest BCUT2D eigenvalue weighted by atomic mass is 16.3. The minimum Gasteiger partial charge on any atom is -0.456 e. The Morgan fingerprint density at radius 3 is 1.48 bits per heavy atom. The number of rotatable bonds is 6. The lowest BCUT2D eigenvalue weighted by Crippen LogP contribution is -2.28. The standard InChI is InChI=1S/C55H35NO2/c1-3-13-38(14-4-1)55(39-15-5-2-6-16-39)49-20-10-7-17-43(49)44-31-28-41(34-50(44)55)56(42-29-32-48-46-19-9-12-22-52(46)58-54(48)35-42)40-26-23-36(24-27-40)37-25-30-47-45-18-8-11-21-51(45)57-53(47)33-37/h1-35H. The van der Waals surface area contributed by atoms with Gasteiger partial charge in [0, 0.05) is 44.7 Å². The van der Waals surface area contributed by atoms with Crippen molar-refractivity contribution in [3.8, 4) is 22.3 Å². The summed E-state index contributed by atoms with van der Waals surface area (Å²) in [6.07, 6.45) is 0. The van der Waals surface area contributed by atoms with Crippen molar-refractivity contribution in [3.63, 3.8) is 0 Å². The van der Waals surface area contributed by atoms with Crippen LogP contribution in [0, 0.1) is 0 Å². The average Bonchev–Trinajstić information content (AvgIpc) is 3.95. The first-order valence-electron chi connectivity index (χ1n) is 19.8. The molecule has 0 N–H and O–H groups in total. The maximum Gasteiger partial charge on any atom is 0.137 e. The molecule has 0 amide bonds. The second-order valence-electron chi connectivity index (χ2n) is 15.2. The van der Waals surface area contributed by atoms with Gasteiger partial charge in [0.25, 0.3) is 0 Å². The van der Waals surface area contributed by atoms with Crippen LogP contribution >= 0.6 is 0 Å². The zero-order chi connectivity index (χ0) is 38.2. The largest absolute Gasteiger partial charge is 0.456 e. The molecule has 0 saturated carbocycles. The molecule has 58 heavy (non-hydrogen) atoms. The van der Waals surface area contributed by atoms with Crippen molar-refractivity contribution in [3.05, 3.63) is 235 Å². The van der Waals surface area contributed by atoms with E-state index in [0.717, 1.165) is 72.1 Å². The molecule has 0 atom stereocenters. The molecule has 3 nitrogen and oxygen atoms in total. The topological polar surface area (TPSA) is 29.5 Å². The predicted octanol–water partition coefficient (Wildman–Crippen LogP) is 15.0. The summed E-state index contributed by atoms with van der Waals surface area (Å²) in [4.78, 5) is 2.36. The Morgan fingerprint density at radius 2 is 0.793 bits per heavy atom. The Balaban J connectivity index is 1.06. The minimum absolute atomic E-state index is 0.516. The van der Waals surface area contributed by atoms with Gasteiger partial charge in [-0.1, -0.05) is 146 Å². The zero-order valence-electron chi connectivity index (χ0n) is 31.5. The fraction of sp³-hybridized carbons (Fsp3) is 0.0182. The number of hydrogen-bond donors (Lipinski definition) is 0. The molecular weight excluding hydrogens is 707 g/mol. The summed E-state index contributed by atoms with van der Waals surface area (Å²) in [5.41, 5.74) is 15.9. The SMILES string of the molecule is c1ccc(C2(c3ccccc3)c3ccccc3-c3ccc(N(c4ccc(-c5ccc6c(c5)oc5ccccc56)cc4)c4ccc5c(c4)oc4ccccc45)cc32)cc1. The van der Waals surface area contributed by atoms with Crippen LogP contribution in [0.5, 0.6) is 0 Å². The van der Waals surface area contributed by atoms with Crippen LogP contribution in [0.3, 0.4) is 0 Å². The summed E-state index contributed by atoms with van der Waals surface area (Å²) in [5.74, 6) is 0. The van der Waals surface area contributed by atoms with E-state index < -0.39 is 5.41 Å². The van der Waals surface area contributed by atoms with Gasteiger partial charge < -0.3 is 13.7 Å². The van der Waals surface area contributed by atoms with Gasteiger partial charge in [-0.3, -0.25) is 0 Å². The van der Waals surface area contributed by atoms with Crippen LogP contribution in [-0.2, 0) is 5.41 Å². The monoisotopic (exact) mass is 741 g/mol. The number of fused-ring (bicyclic) bond motifs is 9. The maximum atomic E-state index is 6.48. The molecule has 0 saturated heterocycles. The molecule has 272 valence electrons. The number of furan rings is 2. The summed E-state index contributed by atoms with van der Waals surface area (Å²) in [6, 6.07) is 76.4. The lowest BCUT2D eigenvalue weighted by atomic mass is 9.67. The molecule has 0 aliphatic heterocycles. The van der Waals surface area contributed by atoms with Gasteiger partial charge in [-0.25, -0.2) is 0 Å². The first-order chi connectivity index (χ1) is 28.7. The molecule has 0 bridgehead atoms. The summed E-state index contributed by atoms with van der Waals surface area (Å²) in [5, 5.41) is 4.49. The van der Waals surface area contributed by atoms with Crippen LogP contribution < -0.4 is 4.90 Å². The number of benzene rings is 9. The van der Waals surface area contributed by atoms with Crippen LogP contribution in [0.25, 0.3) is 66.1 Å². The highest BCUT2D eigenvalue weighted by molar-refractivity contribution is 6.07. The van der Waals surface area contributed by atoms with Gasteiger partial charge in [0.2, 0.25) is 0 Å². The molecule has 2 heterocycles. The van der Waals surface area contributed by atoms with Crippen LogP contribution in [0.1, 0.15) is 22.3 Å². The second-order valence-corrected chi connectivity index (χ2v) is 15.2. The molecule has 0 spiro atoms. The quantitative estimate of drug-likeness (QED) is 0.170. The number of nitrogens with zero attached hydrogens (tertiary/aromatic N) is 1. The number of anilines is 3. The van der Waals surface area contributed by atoms with E-state index in [1.54, 1.807) is 0 Å². The Kier molecular flexibility index (Phi) is 7.14. The van der Waals surface area contributed by atoms with Crippen molar-refractivity contribution in [2.45, 2.75) is 5.41 Å². The van der Waals surface area contributed by atoms with Gasteiger partial charge in [0.1, 0.15) is 22.3 Å². The van der Waals surface area contributed by atoms with E-state index in [9.17, 15) is 0 Å². The normalized spacial score (nSPS) is 13.0. The Labute approximate surface area is 335 Å². The number of para-hydroxylation sites is 2. The molecule has 0 radical (unpaired) electrons. The maximum absolute atomic E-state index is 6.48. The van der Waals surface area contributed by atoms with Crippen molar-refractivity contribution in [1.82, 2.24) is 0 Å². The Morgan fingerprint density at radius 1 is 0.310 bits per heavy atom. The molecule has 0 unspecified atom stereocenters. The highest BCUT2D eigenvalue weighted by Crippen LogP contribution is 2.57. The molecule has 12 rings (SSSR count). The summed E-state index contributed by atoms with van der Waals surface area (Å²) >= 11 is 0. The third kappa shape index (κ3) is 4.80. The third-order valence-electron chi connectivity index (χ3n) is 12.2. The molecule has 1 aliphatic rings. The van der Waals surface area contributed by atoms with Gasteiger partial charge in [-0.05, 0) is 105 Å². The van der Waals surface area contributed by atoms with Crippen LogP contribution in [0.4, 0.5) is 17.1 Å². The Bertz CT molecular complexity index is 3300. The van der Waals surface area contributed by atoms with Crippen molar-refractivity contribution in [1.29, 1.82) is 0 Å². The van der Waals surface area contributed by atoms with E-state index in [-0.39, 0.29) is 0 Å². The molecular formula is C55H35NO2. The molecule has 9 aromatic carbocycles. The van der Waals surface area contributed by atoms with Crippen molar-refractivity contribution >= 4 is 60.9 Å². The molecule has 1 aliphatic carbocycles. The smallest absolute Gasteiger partial charge is 0.137 e. The third-order valence-corrected chi connectivity index (χ3v) is 12.2. The fourth-order valence-corrected chi connectivity index (χ4v) is 9.58. The zero-order valence-corrected chi connectivity index (χ0v) is 31.5. The van der Waals surface area contributed by atoms with Crippen LogP contribution in [0.15, 0.2) is 221 Å². The van der Waals surface area contributed by atoms with Gasteiger partial charge in [-0.15, -0.1) is 0 Å². The van der Waals surface area contributed by atoms with Crippen molar-refractivity contribution in [2.24, 2.45) is 0 Å². The lowest BCUT2D eigenvalue weighted by molar-refractivity contribution is 0.668. The summed E-state index contributed by atoms with van der Waals surface area (Å²) < 4.78 is 12.8. The van der Waals surface area contributed by atoms with Gasteiger partial charge in [0.05, 0.1) is 5.41 Å². The van der Waals surface area contributed by atoms with E-state index in [4.69, 9.17) is 8.83 Å². The molecule has 11 aromatic rings. The average molecular weight is 742 g/mol. The second kappa shape index (κ2) is 12.7. The van der Waals surface area contributed by atoms with E-state index in [1.165, 1.54) is 33.4 Å². The van der Waals surface area contributed by atoms with E-state index >= 15 is 0 Å². The molecule has 2 aromatic heterocycles. The van der Waals surface area contributed by atoms with Crippen molar-refractivity contribution < 1.29 is 8.83 Å². The summed E-state index contributed by atoms with van der Waals surface area (Å²) in [7, 11) is 0. The van der Waals surface area contributed by atoms with Gasteiger partial charge in [-0.2, -0.15) is 0 Å². The fourth-order valence-electron chi connectivity index (χ4n) is 9.58. The lowest BCUT2D eigenvalue weighted by Gasteiger charge is -2.35. The van der Waals surface area contributed by atoms with Crippen molar-refractivity contribution in [2.75, 3.05) is 4.90 Å². The minimum atomic E-state index is -0.516. The van der Waals surface area contributed by atoms with Crippen LogP contribution in [0.2, 0.25) is 0 Å². The van der Waals surface area contributed by atoms with Gasteiger partial charge >= 0.3 is 0 Å². The first kappa shape index (κ1) is 32.6. The Hall–Kier alpha value is -7.62. The van der Waals surface area contributed by atoms with Crippen LogP contribution in [-0.4, -0.2) is 0 Å². The molecule has 3 heteroatoms. The van der Waals surface area contributed by atoms with E-state index in [0.29, 0.717) is 0 Å². The van der Waals surface area contributed by atoms with Gasteiger partial charge in [0.15, 0.2) is 0 Å². The van der Waals surface area contributed by atoms with E-state index in [1.807, 2.05) is 24.3 Å². The predicted molar refractivity (Wildman–Crippen MR) is 238 cm³/mol. The summed E-state index contributed by atoms with van der Waals surface area (Å²) in [6.45, 7) is 0. The number of hydrogen-bond acceptors (Lipinski definition) is 3. The molecule has 0 fully saturated rings. The highest BCUT2D eigenvalue weighted by Gasteiger charge is 2.46. The van der Waals surface area contributed by atoms with E-state index in [2.05, 4.69) is 193 Å². The first-order valence-corrected chi connectivity index (χ1v) is 19.8.